The van der Waals surface area contributed by atoms with Crippen molar-refractivity contribution in [3.8, 4) is 0 Å². The van der Waals surface area contributed by atoms with Crippen LogP contribution >= 0.6 is 0 Å². The average molecular weight is 233 g/mol. The van der Waals surface area contributed by atoms with Crippen molar-refractivity contribution in [2.24, 2.45) is 0 Å². The zero-order valence-electron chi connectivity index (χ0n) is 10.7. The molecule has 92 valence electrons. The van der Waals surface area contributed by atoms with Gasteiger partial charge in [0.25, 0.3) is 0 Å². The number of esters is 1. The van der Waals surface area contributed by atoms with Gasteiger partial charge in [0, 0.05) is 17.6 Å². The normalized spacial score (nSPS) is 15.8. The Morgan fingerprint density at radius 3 is 2.71 bits per heavy atom. The molecule has 0 saturated carbocycles. The van der Waals surface area contributed by atoms with Crippen molar-refractivity contribution >= 4 is 5.97 Å². The number of nitrogens with zero attached hydrogens (tertiary/aromatic N) is 1. The fraction of sp³-hybridized carbons (Fsp3) is 0.357. The SMILES string of the molecule is C=CN1C(=C)C=C(C(=O)OCCC)C(C)=C1C. The zero-order valence-corrected chi connectivity index (χ0v) is 10.7. The lowest BCUT2D eigenvalue weighted by atomic mass is 10.00. The highest BCUT2D eigenvalue weighted by Crippen LogP contribution is 2.28. The molecule has 3 nitrogen and oxygen atoms in total. The molecular formula is C14H19NO2. The number of rotatable bonds is 4. The third-order valence-corrected chi connectivity index (χ3v) is 2.77. The van der Waals surface area contributed by atoms with Crippen molar-refractivity contribution < 1.29 is 9.53 Å². The summed E-state index contributed by atoms with van der Waals surface area (Å²) in [5.74, 6) is -0.284. The van der Waals surface area contributed by atoms with Gasteiger partial charge in [-0.25, -0.2) is 4.79 Å². The van der Waals surface area contributed by atoms with Crippen LogP contribution in [0.15, 0.2) is 48.0 Å². The lowest BCUT2D eigenvalue weighted by Gasteiger charge is -2.28. The smallest absolute Gasteiger partial charge is 0.338 e. The van der Waals surface area contributed by atoms with E-state index < -0.39 is 0 Å². The molecule has 0 unspecified atom stereocenters. The number of carbonyl (C=O) groups excluding carboxylic acids is 1. The van der Waals surface area contributed by atoms with E-state index in [1.807, 2.05) is 25.7 Å². The van der Waals surface area contributed by atoms with Crippen LogP contribution in [0.1, 0.15) is 27.2 Å². The van der Waals surface area contributed by atoms with E-state index >= 15 is 0 Å². The molecule has 0 aliphatic carbocycles. The molecule has 1 aliphatic rings. The van der Waals surface area contributed by atoms with E-state index in [1.165, 1.54) is 0 Å². The van der Waals surface area contributed by atoms with Gasteiger partial charge in [-0.2, -0.15) is 0 Å². The minimum Gasteiger partial charge on any atom is -0.462 e. The van der Waals surface area contributed by atoms with Gasteiger partial charge < -0.3 is 9.64 Å². The van der Waals surface area contributed by atoms with Crippen LogP contribution in [0.4, 0.5) is 0 Å². The van der Waals surface area contributed by atoms with E-state index in [9.17, 15) is 4.79 Å². The topological polar surface area (TPSA) is 29.5 Å². The molecule has 0 atom stereocenters. The highest BCUT2D eigenvalue weighted by Gasteiger charge is 2.22. The minimum atomic E-state index is -0.284. The molecule has 0 radical (unpaired) electrons. The summed E-state index contributed by atoms with van der Waals surface area (Å²) in [6.45, 7) is 13.9. The summed E-state index contributed by atoms with van der Waals surface area (Å²) in [5, 5.41) is 0. The molecule has 3 heteroatoms. The first kappa shape index (κ1) is 13.3. The number of carbonyl (C=O) groups is 1. The predicted molar refractivity (Wildman–Crippen MR) is 68.9 cm³/mol. The molecule has 1 rings (SSSR count). The lowest BCUT2D eigenvalue weighted by molar-refractivity contribution is -0.138. The Kier molecular flexibility index (Phi) is 4.32. The minimum absolute atomic E-state index is 0.284. The van der Waals surface area contributed by atoms with E-state index in [-0.39, 0.29) is 5.97 Å². The van der Waals surface area contributed by atoms with Crippen LogP contribution in [-0.2, 0) is 9.53 Å². The first-order valence-corrected chi connectivity index (χ1v) is 5.70. The van der Waals surface area contributed by atoms with Gasteiger partial charge in [-0.15, -0.1) is 0 Å². The first-order valence-electron chi connectivity index (χ1n) is 5.70. The second-order valence-electron chi connectivity index (χ2n) is 3.95. The summed E-state index contributed by atoms with van der Waals surface area (Å²) in [5.41, 5.74) is 3.17. The molecule has 0 N–H and O–H groups in total. The Morgan fingerprint density at radius 2 is 2.18 bits per heavy atom. The van der Waals surface area contributed by atoms with Gasteiger partial charge in [0.15, 0.2) is 0 Å². The summed E-state index contributed by atoms with van der Waals surface area (Å²) in [7, 11) is 0. The summed E-state index contributed by atoms with van der Waals surface area (Å²) in [4.78, 5) is 13.7. The van der Waals surface area contributed by atoms with Gasteiger partial charge in [0.1, 0.15) is 0 Å². The van der Waals surface area contributed by atoms with Crippen molar-refractivity contribution in [3.05, 3.63) is 48.0 Å². The molecule has 1 aliphatic heterocycles. The molecule has 0 aromatic heterocycles. The van der Waals surface area contributed by atoms with Crippen LogP contribution < -0.4 is 0 Å². The third-order valence-electron chi connectivity index (χ3n) is 2.77. The van der Waals surface area contributed by atoms with Gasteiger partial charge in [0.2, 0.25) is 0 Å². The van der Waals surface area contributed by atoms with Gasteiger partial charge in [-0.05, 0) is 31.9 Å². The fourth-order valence-electron chi connectivity index (χ4n) is 1.67. The molecule has 0 bridgehead atoms. The van der Waals surface area contributed by atoms with Gasteiger partial charge in [-0.3, -0.25) is 0 Å². The van der Waals surface area contributed by atoms with Crippen LogP contribution in [0.2, 0.25) is 0 Å². The van der Waals surface area contributed by atoms with Gasteiger partial charge in [0.05, 0.1) is 12.2 Å². The van der Waals surface area contributed by atoms with E-state index in [4.69, 9.17) is 4.74 Å². The number of ether oxygens (including phenoxy) is 1. The standard InChI is InChI=1S/C14H19NO2/c1-6-8-17-14(16)13-9-10(3)15(7-2)12(5)11(13)4/h7,9H,2-3,6,8H2,1,4-5H3. The maximum absolute atomic E-state index is 11.8. The van der Waals surface area contributed by atoms with Gasteiger partial charge in [-0.1, -0.05) is 20.1 Å². The average Bonchev–Trinajstić information content (AvgIpc) is 2.31. The molecule has 0 aromatic rings. The van der Waals surface area contributed by atoms with E-state index in [0.717, 1.165) is 23.4 Å². The van der Waals surface area contributed by atoms with E-state index in [2.05, 4.69) is 13.2 Å². The summed E-state index contributed by atoms with van der Waals surface area (Å²) in [6, 6.07) is 0. The van der Waals surface area contributed by atoms with Crippen molar-refractivity contribution in [2.75, 3.05) is 6.61 Å². The van der Waals surface area contributed by atoms with Crippen LogP contribution in [0, 0.1) is 0 Å². The van der Waals surface area contributed by atoms with Crippen molar-refractivity contribution in [2.45, 2.75) is 27.2 Å². The maximum Gasteiger partial charge on any atom is 0.338 e. The Balaban J connectivity index is 2.99. The van der Waals surface area contributed by atoms with Crippen LogP contribution in [0.5, 0.6) is 0 Å². The second-order valence-corrected chi connectivity index (χ2v) is 3.95. The number of hydrogen-bond donors (Lipinski definition) is 0. The zero-order chi connectivity index (χ0) is 13.0. The molecule has 17 heavy (non-hydrogen) atoms. The molecule has 0 fully saturated rings. The largest absolute Gasteiger partial charge is 0.462 e. The van der Waals surface area contributed by atoms with Crippen molar-refractivity contribution in [3.63, 3.8) is 0 Å². The molecule has 0 aromatic carbocycles. The first-order chi connectivity index (χ1) is 8.02. The van der Waals surface area contributed by atoms with Crippen LogP contribution in [-0.4, -0.2) is 17.5 Å². The van der Waals surface area contributed by atoms with Crippen LogP contribution in [0.25, 0.3) is 0 Å². The van der Waals surface area contributed by atoms with E-state index in [1.54, 1.807) is 12.3 Å². The van der Waals surface area contributed by atoms with Crippen LogP contribution in [0.3, 0.4) is 0 Å². The lowest BCUT2D eigenvalue weighted by Crippen LogP contribution is -2.22. The number of hydrogen-bond acceptors (Lipinski definition) is 3. The highest BCUT2D eigenvalue weighted by atomic mass is 16.5. The quantitative estimate of drug-likeness (QED) is 0.699. The number of allylic oxidation sites excluding steroid dienone is 2. The predicted octanol–water partition coefficient (Wildman–Crippen LogP) is 3.13. The molecular weight excluding hydrogens is 214 g/mol. The fourth-order valence-corrected chi connectivity index (χ4v) is 1.67. The summed E-state index contributed by atoms with van der Waals surface area (Å²) in [6.07, 6.45) is 4.24. The molecule has 0 amide bonds. The van der Waals surface area contributed by atoms with Crippen molar-refractivity contribution in [1.82, 2.24) is 4.90 Å². The molecule has 0 spiro atoms. The van der Waals surface area contributed by atoms with Gasteiger partial charge >= 0.3 is 5.97 Å². The third kappa shape index (κ3) is 2.67. The molecule has 1 heterocycles. The second kappa shape index (κ2) is 5.53. The van der Waals surface area contributed by atoms with Crippen molar-refractivity contribution in [1.29, 1.82) is 0 Å². The summed E-state index contributed by atoms with van der Waals surface area (Å²) < 4.78 is 5.14. The monoisotopic (exact) mass is 233 g/mol. The maximum atomic E-state index is 11.8. The Morgan fingerprint density at radius 1 is 1.53 bits per heavy atom. The summed E-state index contributed by atoms with van der Waals surface area (Å²) >= 11 is 0. The van der Waals surface area contributed by atoms with E-state index in [0.29, 0.717) is 12.2 Å². The highest BCUT2D eigenvalue weighted by molar-refractivity contribution is 5.94. The Bertz CT molecular complexity index is 416. The Hall–Kier alpha value is -1.77. The molecule has 0 saturated heterocycles. The Labute approximate surface area is 103 Å².